The average molecular weight is 289 g/mol. The van der Waals surface area contributed by atoms with Gasteiger partial charge in [-0.2, -0.15) is 0 Å². The molecular weight excluding hydrogens is 272 g/mol. The number of halogens is 1. The molecule has 20 heavy (non-hydrogen) atoms. The van der Waals surface area contributed by atoms with E-state index in [2.05, 4.69) is 16.4 Å². The van der Waals surface area contributed by atoms with Gasteiger partial charge in [-0.1, -0.05) is 29.8 Å². The number of benzene rings is 1. The molecule has 0 fully saturated rings. The summed E-state index contributed by atoms with van der Waals surface area (Å²) in [5.41, 5.74) is 1.76. The summed E-state index contributed by atoms with van der Waals surface area (Å²) in [7, 11) is 0. The Bertz CT molecular complexity index is 557. The normalized spacial score (nSPS) is 10.2. The number of carbonyl (C=O) groups excluding carboxylic acids is 1. The third-order valence-corrected chi connectivity index (χ3v) is 3.35. The fourth-order valence-corrected chi connectivity index (χ4v) is 2.16. The molecule has 1 aromatic heterocycles. The molecule has 0 aliphatic heterocycles. The van der Waals surface area contributed by atoms with Crippen molar-refractivity contribution in [3.8, 4) is 0 Å². The molecule has 3 nitrogen and oxygen atoms in total. The molecule has 1 amide bonds. The predicted octanol–water partition coefficient (Wildman–Crippen LogP) is 3.49. The number of hydrogen-bond acceptors (Lipinski definition) is 2. The molecule has 2 aromatic rings. The summed E-state index contributed by atoms with van der Waals surface area (Å²) in [4.78, 5) is 16.0. The van der Waals surface area contributed by atoms with Crippen LogP contribution in [0.25, 0.3) is 0 Å². The van der Waals surface area contributed by atoms with Gasteiger partial charge in [0.1, 0.15) is 0 Å². The summed E-state index contributed by atoms with van der Waals surface area (Å²) in [5, 5.41) is 3.37. The topological polar surface area (TPSA) is 42.0 Å². The molecular formula is C16H17ClN2O. The van der Waals surface area contributed by atoms with Crippen LogP contribution in [0.3, 0.4) is 0 Å². The van der Waals surface area contributed by atoms with E-state index >= 15 is 0 Å². The average Bonchev–Trinajstić information content (AvgIpc) is 2.48. The van der Waals surface area contributed by atoms with Gasteiger partial charge in [0.2, 0.25) is 0 Å². The summed E-state index contributed by atoms with van der Waals surface area (Å²) in [6, 6.07) is 11.1. The maximum Gasteiger partial charge on any atom is 0.252 e. The van der Waals surface area contributed by atoms with Crippen molar-refractivity contribution in [1.29, 1.82) is 0 Å². The Morgan fingerprint density at radius 3 is 2.75 bits per heavy atom. The van der Waals surface area contributed by atoms with Crippen LogP contribution in [-0.4, -0.2) is 17.4 Å². The molecule has 2 rings (SSSR count). The maximum atomic E-state index is 11.9. The maximum absolute atomic E-state index is 11.9. The van der Waals surface area contributed by atoms with Gasteiger partial charge in [0.05, 0.1) is 10.6 Å². The Balaban J connectivity index is 1.69. The van der Waals surface area contributed by atoms with E-state index in [4.69, 9.17) is 11.6 Å². The fourth-order valence-electron chi connectivity index (χ4n) is 1.94. The molecule has 0 saturated heterocycles. The van der Waals surface area contributed by atoms with E-state index in [-0.39, 0.29) is 5.91 Å². The van der Waals surface area contributed by atoms with E-state index in [9.17, 15) is 4.79 Å². The number of aromatic nitrogens is 1. The van der Waals surface area contributed by atoms with Crippen LogP contribution >= 0.6 is 11.6 Å². The van der Waals surface area contributed by atoms with Gasteiger partial charge in [-0.3, -0.25) is 9.78 Å². The Kier molecular flexibility index (Phi) is 5.56. The molecule has 0 unspecified atom stereocenters. The largest absolute Gasteiger partial charge is 0.352 e. The summed E-state index contributed by atoms with van der Waals surface area (Å²) in [6.07, 6.45) is 6.59. The third-order valence-electron chi connectivity index (χ3n) is 3.02. The van der Waals surface area contributed by atoms with Gasteiger partial charge in [-0.15, -0.1) is 0 Å². The molecule has 0 aliphatic rings. The van der Waals surface area contributed by atoms with E-state index in [0.717, 1.165) is 19.3 Å². The molecule has 0 radical (unpaired) electrons. The van der Waals surface area contributed by atoms with Gasteiger partial charge in [-0.05, 0) is 43.0 Å². The van der Waals surface area contributed by atoms with Gasteiger partial charge in [0.25, 0.3) is 5.91 Å². The molecule has 0 aliphatic carbocycles. The standard InChI is InChI=1S/C16H17ClN2O/c17-15-9-2-1-8-14(15)16(20)19-11-4-3-6-13-7-5-10-18-12-13/h1-2,5,7-10,12H,3-4,6,11H2,(H,19,20). The van der Waals surface area contributed by atoms with Crippen LogP contribution in [0.4, 0.5) is 0 Å². The van der Waals surface area contributed by atoms with Crippen molar-refractivity contribution in [2.75, 3.05) is 6.54 Å². The lowest BCUT2D eigenvalue weighted by molar-refractivity contribution is 0.0953. The van der Waals surface area contributed by atoms with E-state index in [0.29, 0.717) is 17.1 Å². The molecule has 4 heteroatoms. The monoisotopic (exact) mass is 288 g/mol. The summed E-state index contributed by atoms with van der Waals surface area (Å²) >= 11 is 5.97. The number of pyridine rings is 1. The zero-order valence-corrected chi connectivity index (χ0v) is 11.9. The second kappa shape index (κ2) is 7.65. The SMILES string of the molecule is O=C(NCCCCc1cccnc1)c1ccccc1Cl. The number of nitrogens with zero attached hydrogens (tertiary/aromatic N) is 1. The number of nitrogens with one attached hydrogen (secondary N) is 1. The van der Waals surface area contributed by atoms with Crippen LogP contribution in [-0.2, 0) is 6.42 Å². The molecule has 1 N–H and O–H groups in total. The van der Waals surface area contributed by atoms with Gasteiger partial charge in [-0.25, -0.2) is 0 Å². The summed E-state index contributed by atoms with van der Waals surface area (Å²) < 4.78 is 0. The first-order chi connectivity index (χ1) is 9.77. The van der Waals surface area contributed by atoms with Crippen LogP contribution in [0, 0.1) is 0 Å². The second-order valence-electron chi connectivity index (χ2n) is 4.55. The van der Waals surface area contributed by atoms with E-state index in [1.54, 1.807) is 18.3 Å². The lowest BCUT2D eigenvalue weighted by Gasteiger charge is -2.06. The third kappa shape index (κ3) is 4.35. The lowest BCUT2D eigenvalue weighted by atomic mass is 10.1. The molecule has 1 aromatic carbocycles. The Labute approximate surface area is 124 Å². The minimum atomic E-state index is -0.114. The predicted molar refractivity (Wildman–Crippen MR) is 81.0 cm³/mol. The van der Waals surface area contributed by atoms with Gasteiger partial charge >= 0.3 is 0 Å². The Morgan fingerprint density at radius 2 is 2.00 bits per heavy atom. The highest BCUT2D eigenvalue weighted by Crippen LogP contribution is 2.14. The minimum Gasteiger partial charge on any atom is -0.352 e. The number of aryl methyl sites for hydroxylation is 1. The summed E-state index contributed by atoms with van der Waals surface area (Å²) in [5.74, 6) is -0.114. The van der Waals surface area contributed by atoms with Crippen molar-refractivity contribution in [1.82, 2.24) is 10.3 Å². The lowest BCUT2D eigenvalue weighted by Crippen LogP contribution is -2.24. The van der Waals surface area contributed by atoms with Gasteiger partial charge in [0, 0.05) is 18.9 Å². The van der Waals surface area contributed by atoms with Crippen molar-refractivity contribution in [2.45, 2.75) is 19.3 Å². The smallest absolute Gasteiger partial charge is 0.252 e. The number of amides is 1. The summed E-state index contributed by atoms with van der Waals surface area (Å²) in [6.45, 7) is 0.657. The number of unbranched alkanes of at least 4 members (excludes halogenated alkanes) is 1. The van der Waals surface area contributed by atoms with E-state index in [1.165, 1.54) is 5.56 Å². The van der Waals surface area contributed by atoms with Crippen LogP contribution in [0.2, 0.25) is 5.02 Å². The van der Waals surface area contributed by atoms with Crippen LogP contribution in [0.1, 0.15) is 28.8 Å². The number of rotatable bonds is 6. The molecule has 0 atom stereocenters. The number of carbonyl (C=O) groups is 1. The molecule has 0 spiro atoms. The highest BCUT2D eigenvalue weighted by atomic mass is 35.5. The highest BCUT2D eigenvalue weighted by molar-refractivity contribution is 6.33. The van der Waals surface area contributed by atoms with Crippen LogP contribution < -0.4 is 5.32 Å². The molecule has 0 saturated carbocycles. The van der Waals surface area contributed by atoms with Crippen molar-refractivity contribution < 1.29 is 4.79 Å². The first-order valence-corrected chi connectivity index (χ1v) is 7.07. The fraction of sp³-hybridized carbons (Fsp3) is 0.250. The van der Waals surface area contributed by atoms with Crippen molar-refractivity contribution in [3.63, 3.8) is 0 Å². The Morgan fingerprint density at radius 1 is 1.15 bits per heavy atom. The zero-order chi connectivity index (χ0) is 14.2. The zero-order valence-electron chi connectivity index (χ0n) is 11.2. The van der Waals surface area contributed by atoms with Gasteiger partial charge < -0.3 is 5.32 Å². The molecule has 0 bridgehead atoms. The number of hydrogen-bond donors (Lipinski definition) is 1. The minimum absolute atomic E-state index is 0.114. The van der Waals surface area contributed by atoms with Crippen molar-refractivity contribution >= 4 is 17.5 Å². The Hall–Kier alpha value is -1.87. The molecule has 104 valence electrons. The first-order valence-electron chi connectivity index (χ1n) is 6.69. The van der Waals surface area contributed by atoms with E-state index < -0.39 is 0 Å². The van der Waals surface area contributed by atoms with Crippen LogP contribution in [0.5, 0.6) is 0 Å². The quantitative estimate of drug-likeness (QED) is 0.827. The van der Waals surface area contributed by atoms with Gasteiger partial charge in [0.15, 0.2) is 0 Å². The van der Waals surface area contributed by atoms with E-state index in [1.807, 2.05) is 24.4 Å². The van der Waals surface area contributed by atoms with Crippen LogP contribution in [0.15, 0.2) is 48.8 Å². The van der Waals surface area contributed by atoms with Crippen molar-refractivity contribution in [2.24, 2.45) is 0 Å². The first kappa shape index (κ1) is 14.5. The second-order valence-corrected chi connectivity index (χ2v) is 4.96. The van der Waals surface area contributed by atoms with Crippen molar-refractivity contribution in [3.05, 3.63) is 64.9 Å². The molecule has 1 heterocycles. The highest BCUT2D eigenvalue weighted by Gasteiger charge is 2.07.